The van der Waals surface area contributed by atoms with E-state index >= 15 is 0 Å². The Labute approximate surface area is 98.9 Å². The van der Waals surface area contributed by atoms with E-state index in [9.17, 15) is 4.79 Å². The van der Waals surface area contributed by atoms with Gasteiger partial charge in [-0.2, -0.15) is 0 Å². The Morgan fingerprint density at radius 3 is 2.56 bits per heavy atom. The molecular weight excluding hydrogens is 202 g/mol. The highest BCUT2D eigenvalue weighted by Gasteiger charge is 2.26. The van der Waals surface area contributed by atoms with Crippen molar-refractivity contribution in [2.45, 2.75) is 58.4 Å². The van der Waals surface area contributed by atoms with Crippen molar-refractivity contribution in [2.24, 2.45) is 5.41 Å². The van der Waals surface area contributed by atoms with Gasteiger partial charge in [0, 0.05) is 12.6 Å². The zero-order chi connectivity index (χ0) is 12.0. The lowest BCUT2D eigenvalue weighted by atomic mass is 9.75. The smallest absolute Gasteiger partial charge is 0.307 e. The van der Waals surface area contributed by atoms with Gasteiger partial charge in [0.05, 0.1) is 13.5 Å². The number of rotatable bonds is 5. The third kappa shape index (κ3) is 4.52. The van der Waals surface area contributed by atoms with Gasteiger partial charge in [0.1, 0.15) is 0 Å². The van der Waals surface area contributed by atoms with Crippen molar-refractivity contribution in [1.29, 1.82) is 0 Å². The molecule has 0 saturated heterocycles. The second-order valence-corrected chi connectivity index (χ2v) is 5.43. The summed E-state index contributed by atoms with van der Waals surface area (Å²) in [5, 5.41) is 3.46. The van der Waals surface area contributed by atoms with Gasteiger partial charge in [-0.25, -0.2) is 0 Å². The van der Waals surface area contributed by atoms with Gasteiger partial charge in [0.2, 0.25) is 0 Å². The van der Waals surface area contributed by atoms with Crippen LogP contribution >= 0.6 is 0 Å². The quantitative estimate of drug-likeness (QED) is 0.733. The van der Waals surface area contributed by atoms with Crippen LogP contribution in [0.1, 0.15) is 52.4 Å². The summed E-state index contributed by atoms with van der Waals surface area (Å²) in [7, 11) is 1.44. The van der Waals surface area contributed by atoms with Gasteiger partial charge < -0.3 is 10.1 Å². The van der Waals surface area contributed by atoms with E-state index in [1.807, 2.05) is 6.92 Å². The summed E-state index contributed by atoms with van der Waals surface area (Å²) in [5.74, 6) is -0.131. The van der Waals surface area contributed by atoms with Gasteiger partial charge in [-0.3, -0.25) is 4.79 Å². The minimum atomic E-state index is -0.131. The summed E-state index contributed by atoms with van der Waals surface area (Å²) in [6, 6.07) is 0.214. The zero-order valence-electron chi connectivity index (χ0n) is 10.8. The molecule has 3 nitrogen and oxygen atoms in total. The average molecular weight is 227 g/mol. The molecule has 0 aliphatic heterocycles. The number of esters is 1. The molecule has 1 unspecified atom stereocenters. The van der Waals surface area contributed by atoms with E-state index in [1.54, 1.807) is 0 Å². The number of carbonyl (C=O) groups is 1. The molecule has 0 spiro atoms. The molecule has 0 amide bonds. The van der Waals surface area contributed by atoms with Crippen molar-refractivity contribution in [1.82, 2.24) is 5.32 Å². The van der Waals surface area contributed by atoms with Gasteiger partial charge >= 0.3 is 5.97 Å². The first-order chi connectivity index (χ1) is 7.56. The Bertz CT molecular complexity index is 222. The van der Waals surface area contributed by atoms with Crippen LogP contribution in [-0.4, -0.2) is 25.7 Å². The Balaban J connectivity index is 2.24. The second-order valence-electron chi connectivity index (χ2n) is 5.43. The Kier molecular flexibility index (Phi) is 5.26. The summed E-state index contributed by atoms with van der Waals surface area (Å²) >= 11 is 0. The molecule has 1 aliphatic carbocycles. The van der Waals surface area contributed by atoms with Crippen LogP contribution in [0.2, 0.25) is 0 Å². The largest absolute Gasteiger partial charge is 0.469 e. The molecule has 1 fully saturated rings. The van der Waals surface area contributed by atoms with Crippen LogP contribution in [0, 0.1) is 5.41 Å². The first kappa shape index (κ1) is 13.5. The van der Waals surface area contributed by atoms with Gasteiger partial charge in [-0.05, 0) is 25.2 Å². The summed E-state index contributed by atoms with van der Waals surface area (Å²) in [5.41, 5.74) is 0.433. The highest BCUT2D eigenvalue weighted by atomic mass is 16.5. The van der Waals surface area contributed by atoms with E-state index in [-0.39, 0.29) is 12.0 Å². The fourth-order valence-corrected chi connectivity index (χ4v) is 2.41. The van der Waals surface area contributed by atoms with E-state index < -0.39 is 0 Å². The first-order valence-electron chi connectivity index (χ1n) is 6.36. The molecule has 16 heavy (non-hydrogen) atoms. The molecule has 3 heteroatoms. The molecule has 0 heterocycles. The molecule has 0 radical (unpaired) electrons. The minimum Gasteiger partial charge on any atom is -0.469 e. The van der Waals surface area contributed by atoms with Crippen LogP contribution in [0.4, 0.5) is 0 Å². The van der Waals surface area contributed by atoms with Gasteiger partial charge in [-0.1, -0.05) is 26.2 Å². The predicted octanol–water partition coefficient (Wildman–Crippen LogP) is 2.50. The molecule has 0 aromatic rings. The molecule has 0 aromatic heterocycles. The van der Waals surface area contributed by atoms with Crippen LogP contribution < -0.4 is 5.32 Å². The molecule has 1 rings (SSSR count). The third-order valence-electron chi connectivity index (χ3n) is 3.64. The Hall–Kier alpha value is -0.570. The summed E-state index contributed by atoms with van der Waals surface area (Å²) in [6.45, 7) is 5.41. The maximum Gasteiger partial charge on any atom is 0.307 e. The van der Waals surface area contributed by atoms with Crippen LogP contribution in [0.3, 0.4) is 0 Å². The lowest BCUT2D eigenvalue weighted by Crippen LogP contribution is -2.39. The first-order valence-corrected chi connectivity index (χ1v) is 6.36. The van der Waals surface area contributed by atoms with Gasteiger partial charge in [0.25, 0.3) is 0 Å². The number of hydrogen-bond acceptors (Lipinski definition) is 3. The topological polar surface area (TPSA) is 38.3 Å². The molecule has 1 saturated carbocycles. The highest BCUT2D eigenvalue weighted by Crippen LogP contribution is 2.34. The van der Waals surface area contributed by atoms with Crippen molar-refractivity contribution in [2.75, 3.05) is 13.7 Å². The normalized spacial score (nSPS) is 21.4. The third-order valence-corrected chi connectivity index (χ3v) is 3.64. The molecule has 1 N–H and O–H groups in total. The summed E-state index contributed by atoms with van der Waals surface area (Å²) < 4.78 is 4.66. The minimum absolute atomic E-state index is 0.131. The number of carbonyl (C=O) groups excluding carboxylic acids is 1. The number of hydrogen-bond donors (Lipinski definition) is 1. The van der Waals surface area contributed by atoms with E-state index in [2.05, 4.69) is 17.0 Å². The van der Waals surface area contributed by atoms with Crippen molar-refractivity contribution >= 4 is 5.97 Å². The molecule has 1 atom stereocenters. The maximum atomic E-state index is 11.1. The number of nitrogens with one attached hydrogen (secondary N) is 1. The van der Waals surface area contributed by atoms with Gasteiger partial charge in [0.15, 0.2) is 0 Å². The summed E-state index contributed by atoms with van der Waals surface area (Å²) in [6.07, 6.45) is 7.17. The lowest BCUT2D eigenvalue weighted by Gasteiger charge is -2.34. The zero-order valence-corrected chi connectivity index (χ0v) is 10.8. The van der Waals surface area contributed by atoms with Crippen LogP contribution in [0.15, 0.2) is 0 Å². The fraction of sp³-hybridized carbons (Fsp3) is 0.923. The van der Waals surface area contributed by atoms with Crippen molar-refractivity contribution in [3.8, 4) is 0 Å². The number of ether oxygens (including phenoxy) is 1. The van der Waals surface area contributed by atoms with Crippen LogP contribution in [0.5, 0.6) is 0 Å². The Morgan fingerprint density at radius 2 is 2.00 bits per heavy atom. The Morgan fingerprint density at radius 1 is 1.38 bits per heavy atom. The molecule has 0 aromatic carbocycles. The predicted molar refractivity (Wildman–Crippen MR) is 65.3 cm³/mol. The highest BCUT2D eigenvalue weighted by molar-refractivity contribution is 5.69. The average Bonchev–Trinajstić information content (AvgIpc) is 2.27. The fourth-order valence-electron chi connectivity index (χ4n) is 2.41. The molecule has 0 bridgehead atoms. The lowest BCUT2D eigenvalue weighted by molar-refractivity contribution is -0.141. The molecule has 94 valence electrons. The standard InChI is InChI=1S/C13H25NO2/c1-11(9-12(15)16-3)14-10-13(2)7-5-4-6-8-13/h11,14H,4-10H2,1-3H3. The monoisotopic (exact) mass is 227 g/mol. The second kappa shape index (κ2) is 6.24. The van der Waals surface area contributed by atoms with E-state index in [4.69, 9.17) is 0 Å². The van der Waals surface area contributed by atoms with E-state index in [0.717, 1.165) is 6.54 Å². The molecular formula is C13H25NO2. The van der Waals surface area contributed by atoms with Crippen LogP contribution in [-0.2, 0) is 9.53 Å². The maximum absolute atomic E-state index is 11.1. The van der Waals surface area contributed by atoms with E-state index in [0.29, 0.717) is 11.8 Å². The van der Waals surface area contributed by atoms with Crippen molar-refractivity contribution in [3.63, 3.8) is 0 Å². The van der Waals surface area contributed by atoms with Crippen molar-refractivity contribution < 1.29 is 9.53 Å². The van der Waals surface area contributed by atoms with E-state index in [1.165, 1.54) is 39.2 Å². The summed E-state index contributed by atoms with van der Waals surface area (Å²) in [4.78, 5) is 11.1. The molecule has 1 aliphatic rings. The van der Waals surface area contributed by atoms with Gasteiger partial charge in [-0.15, -0.1) is 0 Å². The van der Waals surface area contributed by atoms with Crippen LogP contribution in [0.25, 0.3) is 0 Å². The van der Waals surface area contributed by atoms with Crippen molar-refractivity contribution in [3.05, 3.63) is 0 Å². The number of methoxy groups -OCH3 is 1. The SMILES string of the molecule is COC(=O)CC(C)NCC1(C)CCCCC1.